The lowest BCUT2D eigenvalue weighted by molar-refractivity contribution is -0.119. The van der Waals surface area contributed by atoms with Crippen LogP contribution >= 0.6 is 15.9 Å². The molecule has 1 aromatic carbocycles. The number of nitrogens with two attached hydrogens (primary N) is 1. The average molecular weight is 375 g/mol. The Labute approximate surface area is 139 Å². The smallest absolute Gasteiger partial charge is 0.255 e. The van der Waals surface area contributed by atoms with Gasteiger partial charge in [-0.05, 0) is 31.0 Å². The van der Waals surface area contributed by atoms with Crippen molar-refractivity contribution < 1.29 is 19.4 Å². The van der Waals surface area contributed by atoms with Gasteiger partial charge in [0.25, 0.3) is 5.91 Å². The van der Waals surface area contributed by atoms with Gasteiger partial charge < -0.3 is 25.6 Å². The van der Waals surface area contributed by atoms with Gasteiger partial charge in [0, 0.05) is 17.1 Å². The number of aliphatic hydroxyl groups excluding tert-OH is 1. The van der Waals surface area contributed by atoms with Crippen molar-refractivity contribution in [1.29, 1.82) is 0 Å². The summed E-state index contributed by atoms with van der Waals surface area (Å²) in [6.45, 7) is 4.83. The molecule has 0 saturated heterocycles. The average Bonchev–Trinajstić information content (AvgIpc) is 2.49. The molecular formula is C15H23BrN2O4. The van der Waals surface area contributed by atoms with E-state index in [1.54, 1.807) is 6.07 Å². The first-order chi connectivity index (χ1) is 10.5. The van der Waals surface area contributed by atoms with E-state index in [0.717, 1.165) is 16.5 Å². The minimum atomic E-state index is -0.543. The number of benzene rings is 1. The molecule has 1 atom stereocenters. The number of ether oxygens (including phenoxy) is 2. The Morgan fingerprint density at radius 1 is 1.36 bits per heavy atom. The van der Waals surface area contributed by atoms with Crippen LogP contribution in [-0.2, 0) is 11.3 Å². The summed E-state index contributed by atoms with van der Waals surface area (Å²) in [6, 6.07) is 3.65. The lowest BCUT2D eigenvalue weighted by Gasteiger charge is -2.17. The molecule has 0 radical (unpaired) electrons. The van der Waals surface area contributed by atoms with E-state index < -0.39 is 5.91 Å². The molecule has 0 fully saturated rings. The molecule has 0 aliphatic heterocycles. The van der Waals surface area contributed by atoms with E-state index in [9.17, 15) is 9.90 Å². The van der Waals surface area contributed by atoms with Crippen LogP contribution in [0.4, 0.5) is 0 Å². The Morgan fingerprint density at radius 3 is 2.59 bits per heavy atom. The van der Waals surface area contributed by atoms with Crippen LogP contribution in [0.3, 0.4) is 0 Å². The van der Waals surface area contributed by atoms with Gasteiger partial charge in [-0.25, -0.2) is 0 Å². The number of carbonyl (C=O) groups excluding carboxylic acids is 1. The molecule has 4 N–H and O–H groups in total. The largest absolute Gasteiger partial charge is 0.490 e. The molecule has 1 rings (SSSR count). The summed E-state index contributed by atoms with van der Waals surface area (Å²) in [5, 5.41) is 12.5. The lowest BCUT2D eigenvalue weighted by atomic mass is 10.1. The fraction of sp³-hybridized carbons (Fsp3) is 0.533. The molecule has 0 aliphatic rings. The van der Waals surface area contributed by atoms with Crippen LogP contribution in [0.2, 0.25) is 0 Å². The van der Waals surface area contributed by atoms with E-state index in [4.69, 9.17) is 15.2 Å². The molecule has 124 valence electrons. The molecule has 22 heavy (non-hydrogen) atoms. The maximum Gasteiger partial charge on any atom is 0.255 e. The number of carbonyl (C=O) groups is 1. The third kappa shape index (κ3) is 5.82. The second kappa shape index (κ2) is 9.66. The summed E-state index contributed by atoms with van der Waals surface area (Å²) in [4.78, 5) is 10.8. The van der Waals surface area contributed by atoms with Gasteiger partial charge in [-0.1, -0.05) is 22.9 Å². The molecule has 7 heteroatoms. The molecule has 0 aliphatic carbocycles. The second-order valence-electron chi connectivity index (χ2n) is 4.75. The first-order valence-corrected chi connectivity index (χ1v) is 8.01. The third-order valence-electron chi connectivity index (χ3n) is 3.08. The van der Waals surface area contributed by atoms with Gasteiger partial charge in [-0.15, -0.1) is 0 Å². The minimum absolute atomic E-state index is 0.0493. The molecule has 1 aromatic rings. The molecule has 0 spiro atoms. The van der Waals surface area contributed by atoms with Crippen LogP contribution in [0.15, 0.2) is 16.6 Å². The van der Waals surface area contributed by atoms with E-state index >= 15 is 0 Å². The highest BCUT2D eigenvalue weighted by Crippen LogP contribution is 2.34. The predicted molar refractivity (Wildman–Crippen MR) is 88.0 cm³/mol. The summed E-state index contributed by atoms with van der Waals surface area (Å²) >= 11 is 3.48. The van der Waals surface area contributed by atoms with Crippen LogP contribution in [0, 0.1) is 0 Å². The first-order valence-electron chi connectivity index (χ1n) is 7.22. The van der Waals surface area contributed by atoms with Crippen molar-refractivity contribution in [2.45, 2.75) is 32.9 Å². The third-order valence-corrected chi connectivity index (χ3v) is 3.82. The number of rotatable bonds is 10. The second-order valence-corrected chi connectivity index (χ2v) is 5.60. The normalized spacial score (nSPS) is 12.0. The summed E-state index contributed by atoms with van der Waals surface area (Å²) in [6.07, 6.45) is 0.840. The zero-order valence-electron chi connectivity index (χ0n) is 12.9. The maximum atomic E-state index is 10.8. The Morgan fingerprint density at radius 2 is 2.05 bits per heavy atom. The van der Waals surface area contributed by atoms with Gasteiger partial charge >= 0.3 is 0 Å². The van der Waals surface area contributed by atoms with Crippen LogP contribution < -0.4 is 20.5 Å². The summed E-state index contributed by atoms with van der Waals surface area (Å²) in [5.74, 6) is 0.476. The highest BCUT2D eigenvalue weighted by molar-refractivity contribution is 9.10. The fourth-order valence-electron chi connectivity index (χ4n) is 1.83. The number of nitrogens with one attached hydrogen (secondary N) is 1. The summed E-state index contributed by atoms with van der Waals surface area (Å²) in [5.41, 5.74) is 6.07. The number of primary amides is 1. The molecule has 0 bridgehead atoms. The number of amides is 1. The zero-order chi connectivity index (χ0) is 16.5. The molecule has 1 amide bonds. The molecular weight excluding hydrogens is 352 g/mol. The lowest BCUT2D eigenvalue weighted by Crippen LogP contribution is -2.31. The van der Waals surface area contributed by atoms with E-state index in [-0.39, 0.29) is 19.3 Å². The Balaban J connectivity index is 2.90. The Kier molecular flexibility index (Phi) is 8.22. The van der Waals surface area contributed by atoms with E-state index in [1.807, 2.05) is 19.9 Å². The number of halogens is 1. The van der Waals surface area contributed by atoms with Crippen LogP contribution in [0.1, 0.15) is 25.8 Å². The van der Waals surface area contributed by atoms with Gasteiger partial charge in [0.1, 0.15) is 0 Å². The molecule has 0 heterocycles. The van der Waals surface area contributed by atoms with Crippen molar-refractivity contribution in [2.75, 3.05) is 19.8 Å². The maximum absolute atomic E-state index is 10.8. The molecule has 0 aromatic heterocycles. The quantitative estimate of drug-likeness (QED) is 0.577. The molecule has 6 nitrogen and oxygen atoms in total. The summed E-state index contributed by atoms with van der Waals surface area (Å²) < 4.78 is 11.7. The van der Waals surface area contributed by atoms with Crippen molar-refractivity contribution >= 4 is 21.8 Å². The SMILES string of the molecule is CCOc1cc(CN[C@H](CC)CO)c(Br)cc1OCC(N)=O. The highest BCUT2D eigenvalue weighted by atomic mass is 79.9. The summed E-state index contributed by atoms with van der Waals surface area (Å²) in [7, 11) is 0. The fourth-order valence-corrected chi connectivity index (χ4v) is 2.30. The number of aliphatic hydroxyl groups is 1. The predicted octanol–water partition coefficient (Wildman–Crippen LogP) is 1.57. The van der Waals surface area contributed by atoms with Crippen molar-refractivity contribution in [3.05, 3.63) is 22.2 Å². The van der Waals surface area contributed by atoms with E-state index in [2.05, 4.69) is 21.2 Å². The van der Waals surface area contributed by atoms with Crippen molar-refractivity contribution in [1.82, 2.24) is 5.32 Å². The van der Waals surface area contributed by atoms with Gasteiger partial charge in [-0.3, -0.25) is 4.79 Å². The zero-order valence-corrected chi connectivity index (χ0v) is 14.5. The van der Waals surface area contributed by atoms with Gasteiger partial charge in [-0.2, -0.15) is 0 Å². The van der Waals surface area contributed by atoms with Crippen molar-refractivity contribution in [2.24, 2.45) is 5.73 Å². The number of hydrogen-bond donors (Lipinski definition) is 3. The Hall–Kier alpha value is -1.31. The van der Waals surface area contributed by atoms with E-state index in [0.29, 0.717) is 24.7 Å². The van der Waals surface area contributed by atoms with Crippen molar-refractivity contribution in [3.8, 4) is 11.5 Å². The Bertz CT molecular complexity index is 493. The highest BCUT2D eigenvalue weighted by Gasteiger charge is 2.13. The van der Waals surface area contributed by atoms with E-state index in [1.165, 1.54) is 0 Å². The molecule has 0 saturated carbocycles. The topological polar surface area (TPSA) is 93.8 Å². The first kappa shape index (κ1) is 18.7. The van der Waals surface area contributed by atoms with Crippen LogP contribution in [-0.4, -0.2) is 36.9 Å². The van der Waals surface area contributed by atoms with Crippen molar-refractivity contribution in [3.63, 3.8) is 0 Å². The van der Waals surface area contributed by atoms with Gasteiger partial charge in [0.05, 0.1) is 13.2 Å². The minimum Gasteiger partial charge on any atom is -0.490 e. The number of hydrogen-bond acceptors (Lipinski definition) is 5. The van der Waals surface area contributed by atoms with Crippen LogP contribution in [0.5, 0.6) is 11.5 Å². The monoisotopic (exact) mass is 374 g/mol. The van der Waals surface area contributed by atoms with Gasteiger partial charge in [0.2, 0.25) is 0 Å². The standard InChI is InChI=1S/C15H23BrN2O4/c1-3-11(8-19)18-7-10-5-13(21-4-2)14(6-12(10)16)22-9-15(17)20/h5-6,11,18-19H,3-4,7-9H2,1-2H3,(H2,17,20)/t11-/m1/s1. The van der Waals surface area contributed by atoms with Crippen LogP contribution in [0.25, 0.3) is 0 Å². The molecule has 0 unspecified atom stereocenters. The van der Waals surface area contributed by atoms with Gasteiger partial charge in [0.15, 0.2) is 18.1 Å².